The van der Waals surface area contributed by atoms with E-state index in [-0.39, 0.29) is 16.7 Å². The summed E-state index contributed by atoms with van der Waals surface area (Å²) >= 11 is 2.25. The fraction of sp³-hybridized carbons (Fsp3) is 0.357. The highest BCUT2D eigenvalue weighted by Gasteiger charge is 2.34. The molecule has 10 heteroatoms. The number of rotatable bonds is 5. The maximum absolute atomic E-state index is 13.0. The number of carbonyl (C=O) groups is 1. The average Bonchev–Trinajstić information content (AvgIpc) is 2.89. The Labute approximate surface area is 144 Å². The minimum Gasteiger partial charge on any atom is -0.374 e. The highest BCUT2D eigenvalue weighted by atomic mass is 32.2. The maximum Gasteiger partial charge on any atom is 0.418 e. The number of nitrogens with zero attached hydrogens (tertiary/aromatic N) is 2. The number of benzene rings is 1. The molecule has 1 atom stereocenters. The molecule has 0 spiro atoms. The predicted molar refractivity (Wildman–Crippen MR) is 88.9 cm³/mol. The number of hydrogen-bond acceptors (Lipinski definition) is 6. The van der Waals surface area contributed by atoms with Crippen LogP contribution in [0.25, 0.3) is 0 Å². The smallest absolute Gasteiger partial charge is 0.374 e. The second-order valence-electron chi connectivity index (χ2n) is 5.22. The van der Waals surface area contributed by atoms with Crippen LogP contribution in [0.15, 0.2) is 28.6 Å². The summed E-state index contributed by atoms with van der Waals surface area (Å²) in [7, 11) is 0. The van der Waals surface area contributed by atoms with Crippen molar-refractivity contribution in [2.24, 2.45) is 5.92 Å². The summed E-state index contributed by atoms with van der Waals surface area (Å²) in [6.45, 7) is 3.61. The number of aromatic nitrogens is 2. The summed E-state index contributed by atoms with van der Waals surface area (Å²) in [5, 5.41) is 9.51. The molecular formula is C14H15F3N4OS2. The van der Waals surface area contributed by atoms with E-state index in [4.69, 9.17) is 5.73 Å². The lowest BCUT2D eigenvalue weighted by Crippen LogP contribution is -2.30. The van der Waals surface area contributed by atoms with Gasteiger partial charge in [-0.1, -0.05) is 49.1 Å². The van der Waals surface area contributed by atoms with Gasteiger partial charge in [-0.15, -0.1) is 10.2 Å². The zero-order valence-electron chi connectivity index (χ0n) is 12.8. The standard InChI is InChI=1S/C14H15F3N4OS2/c1-7(2)10(23-13-21-20-12(18)24-13)11(22)19-9-6-4-3-5-8(9)14(15,16)17/h3-7,10H,1-2H3,(H2,18,20)(H,19,22). The Kier molecular flexibility index (Phi) is 5.70. The van der Waals surface area contributed by atoms with Crippen molar-refractivity contribution in [2.75, 3.05) is 11.1 Å². The van der Waals surface area contributed by atoms with Crippen molar-refractivity contribution in [2.45, 2.75) is 29.6 Å². The predicted octanol–water partition coefficient (Wildman–Crippen LogP) is 3.89. The Hall–Kier alpha value is -1.81. The molecule has 1 heterocycles. The van der Waals surface area contributed by atoms with Gasteiger partial charge in [0.2, 0.25) is 11.0 Å². The van der Waals surface area contributed by atoms with Crippen molar-refractivity contribution in [1.82, 2.24) is 10.2 Å². The molecule has 3 N–H and O–H groups in total. The van der Waals surface area contributed by atoms with Gasteiger partial charge >= 0.3 is 6.18 Å². The van der Waals surface area contributed by atoms with E-state index in [0.717, 1.165) is 29.2 Å². The molecule has 0 radical (unpaired) electrons. The number of alkyl halides is 3. The molecule has 24 heavy (non-hydrogen) atoms. The van der Waals surface area contributed by atoms with Gasteiger partial charge < -0.3 is 11.1 Å². The number of anilines is 2. The third-order valence-electron chi connectivity index (χ3n) is 3.00. The Morgan fingerprint density at radius 2 is 1.96 bits per heavy atom. The summed E-state index contributed by atoms with van der Waals surface area (Å²) in [6.07, 6.45) is -4.54. The Morgan fingerprint density at radius 3 is 2.50 bits per heavy atom. The van der Waals surface area contributed by atoms with Gasteiger partial charge in [0.15, 0.2) is 4.34 Å². The first kappa shape index (κ1) is 18.5. The molecule has 0 saturated carbocycles. The number of nitrogens with one attached hydrogen (secondary N) is 1. The summed E-state index contributed by atoms with van der Waals surface area (Å²) in [6, 6.07) is 4.87. The topological polar surface area (TPSA) is 80.9 Å². The van der Waals surface area contributed by atoms with Crippen molar-refractivity contribution in [1.29, 1.82) is 0 Å². The van der Waals surface area contributed by atoms with E-state index in [2.05, 4.69) is 15.5 Å². The summed E-state index contributed by atoms with van der Waals surface area (Å²) in [4.78, 5) is 12.5. The molecule has 1 unspecified atom stereocenters. The molecule has 1 aromatic heterocycles. The van der Waals surface area contributed by atoms with E-state index < -0.39 is 22.9 Å². The van der Waals surface area contributed by atoms with Crippen molar-refractivity contribution < 1.29 is 18.0 Å². The van der Waals surface area contributed by atoms with Gasteiger partial charge in [-0.05, 0) is 18.1 Å². The van der Waals surface area contributed by atoms with Crippen molar-refractivity contribution >= 4 is 39.8 Å². The van der Waals surface area contributed by atoms with E-state index in [1.54, 1.807) is 13.8 Å². The quantitative estimate of drug-likeness (QED) is 0.774. The lowest BCUT2D eigenvalue weighted by Gasteiger charge is -2.20. The fourth-order valence-electron chi connectivity index (χ4n) is 1.91. The molecule has 0 aliphatic carbocycles. The zero-order chi connectivity index (χ0) is 17.9. The Balaban J connectivity index is 2.20. The number of amides is 1. The van der Waals surface area contributed by atoms with E-state index >= 15 is 0 Å². The van der Waals surface area contributed by atoms with Gasteiger partial charge in [-0.25, -0.2) is 0 Å². The Morgan fingerprint density at radius 1 is 1.29 bits per heavy atom. The maximum atomic E-state index is 13.0. The molecule has 5 nitrogen and oxygen atoms in total. The molecule has 0 aliphatic heterocycles. The lowest BCUT2D eigenvalue weighted by atomic mass is 10.1. The summed E-state index contributed by atoms with van der Waals surface area (Å²) in [5.41, 5.74) is 4.35. The van der Waals surface area contributed by atoms with Gasteiger partial charge in [0.05, 0.1) is 16.5 Å². The van der Waals surface area contributed by atoms with Crippen LogP contribution < -0.4 is 11.1 Å². The van der Waals surface area contributed by atoms with E-state index in [9.17, 15) is 18.0 Å². The molecule has 0 bridgehead atoms. The zero-order valence-corrected chi connectivity index (χ0v) is 14.4. The van der Waals surface area contributed by atoms with E-state index in [1.807, 2.05) is 0 Å². The number of halogens is 3. The highest BCUT2D eigenvalue weighted by molar-refractivity contribution is 8.02. The van der Waals surface area contributed by atoms with Gasteiger partial charge in [0.1, 0.15) is 0 Å². The summed E-state index contributed by atoms with van der Waals surface area (Å²) in [5.74, 6) is -0.654. The third-order valence-corrected chi connectivity index (χ3v) is 5.39. The summed E-state index contributed by atoms with van der Waals surface area (Å²) < 4.78 is 39.6. The minimum absolute atomic E-state index is 0.127. The van der Waals surface area contributed by atoms with Crippen LogP contribution >= 0.6 is 23.1 Å². The Bertz CT molecular complexity index is 718. The number of nitrogens with two attached hydrogens (primary N) is 1. The number of para-hydroxylation sites is 1. The van der Waals surface area contributed by atoms with Crippen molar-refractivity contribution in [3.63, 3.8) is 0 Å². The molecule has 0 saturated heterocycles. The van der Waals surface area contributed by atoms with Crippen LogP contribution in [0.4, 0.5) is 24.0 Å². The number of hydrogen-bond donors (Lipinski definition) is 2. The molecule has 130 valence electrons. The van der Waals surface area contributed by atoms with E-state index in [1.165, 1.54) is 18.2 Å². The van der Waals surface area contributed by atoms with Crippen LogP contribution in [0.1, 0.15) is 19.4 Å². The second-order valence-corrected chi connectivity index (χ2v) is 7.62. The lowest BCUT2D eigenvalue weighted by molar-refractivity contribution is -0.137. The first-order chi connectivity index (χ1) is 11.2. The number of nitrogen functional groups attached to an aromatic ring is 1. The normalized spacial score (nSPS) is 13.1. The highest BCUT2D eigenvalue weighted by Crippen LogP contribution is 2.36. The van der Waals surface area contributed by atoms with Crippen LogP contribution in [0.2, 0.25) is 0 Å². The number of thioether (sulfide) groups is 1. The first-order valence-electron chi connectivity index (χ1n) is 6.91. The third kappa shape index (κ3) is 4.60. The van der Waals surface area contributed by atoms with Crippen LogP contribution in [0.5, 0.6) is 0 Å². The fourth-order valence-corrected chi connectivity index (χ4v) is 3.76. The van der Waals surface area contributed by atoms with Crippen molar-refractivity contribution in [3.05, 3.63) is 29.8 Å². The van der Waals surface area contributed by atoms with Gasteiger partial charge in [-0.3, -0.25) is 4.79 Å². The molecule has 2 aromatic rings. The van der Waals surface area contributed by atoms with Gasteiger partial charge in [-0.2, -0.15) is 13.2 Å². The average molecular weight is 376 g/mol. The molecule has 1 aromatic carbocycles. The first-order valence-corrected chi connectivity index (χ1v) is 8.61. The van der Waals surface area contributed by atoms with Crippen molar-refractivity contribution in [3.8, 4) is 0 Å². The van der Waals surface area contributed by atoms with Crippen LogP contribution in [-0.4, -0.2) is 21.4 Å². The van der Waals surface area contributed by atoms with Crippen LogP contribution in [0, 0.1) is 5.92 Å². The second kappa shape index (κ2) is 7.39. The SMILES string of the molecule is CC(C)C(Sc1nnc(N)s1)C(=O)Nc1ccccc1C(F)(F)F. The number of carbonyl (C=O) groups excluding carboxylic acids is 1. The molecule has 2 rings (SSSR count). The van der Waals surface area contributed by atoms with E-state index in [0.29, 0.717) is 4.34 Å². The monoisotopic (exact) mass is 376 g/mol. The van der Waals surface area contributed by atoms with Crippen LogP contribution in [-0.2, 0) is 11.0 Å². The molecule has 0 fully saturated rings. The molecule has 0 aliphatic rings. The molecular weight excluding hydrogens is 361 g/mol. The van der Waals surface area contributed by atoms with Crippen LogP contribution in [0.3, 0.4) is 0 Å². The largest absolute Gasteiger partial charge is 0.418 e. The van der Waals surface area contributed by atoms with Gasteiger partial charge in [0, 0.05) is 0 Å². The van der Waals surface area contributed by atoms with Gasteiger partial charge in [0.25, 0.3) is 0 Å². The molecule has 1 amide bonds. The minimum atomic E-state index is -4.54.